The number of amides is 1. The highest BCUT2D eigenvalue weighted by Crippen LogP contribution is 1.99. The van der Waals surface area contributed by atoms with Crippen LogP contribution in [0.25, 0.3) is 0 Å². The second-order valence-corrected chi connectivity index (χ2v) is 2.17. The molecule has 0 aromatic carbocycles. The predicted octanol–water partition coefficient (Wildman–Crippen LogP) is -0.473. The summed E-state index contributed by atoms with van der Waals surface area (Å²) in [7, 11) is 0. The zero-order valence-electron chi connectivity index (χ0n) is 6.13. The third-order valence-corrected chi connectivity index (χ3v) is 1.34. The molecule has 60 valence electrons. The summed E-state index contributed by atoms with van der Waals surface area (Å²) in [6.45, 7) is 1.87. The Hall–Kier alpha value is -0.610. The van der Waals surface area contributed by atoms with Gasteiger partial charge in [-0.15, -0.1) is 0 Å². The molecule has 0 saturated heterocycles. The van der Waals surface area contributed by atoms with Gasteiger partial charge in [0.15, 0.2) is 0 Å². The van der Waals surface area contributed by atoms with Crippen molar-refractivity contribution in [1.29, 1.82) is 0 Å². The molecule has 0 heterocycles. The fourth-order valence-corrected chi connectivity index (χ4v) is 0.574. The van der Waals surface area contributed by atoms with E-state index in [1.807, 2.05) is 12.3 Å². The van der Waals surface area contributed by atoms with Gasteiger partial charge in [-0.25, -0.2) is 5.84 Å². The molecule has 4 heteroatoms. The van der Waals surface area contributed by atoms with Crippen molar-refractivity contribution in [2.45, 2.75) is 32.3 Å². The molecule has 0 rings (SSSR count). The van der Waals surface area contributed by atoms with Crippen LogP contribution in [0.5, 0.6) is 0 Å². The van der Waals surface area contributed by atoms with Crippen molar-refractivity contribution in [2.75, 3.05) is 0 Å². The molecular weight excluding hydrogens is 132 g/mol. The molecule has 0 aliphatic heterocycles. The summed E-state index contributed by atoms with van der Waals surface area (Å²) in [6.07, 6.45) is 1.08. The van der Waals surface area contributed by atoms with Gasteiger partial charge in [0.05, 0.1) is 6.10 Å². The SMILES string of the molecule is CC[C@H](O)CCC(=O)NN. The topological polar surface area (TPSA) is 75.3 Å². The maximum absolute atomic E-state index is 10.5. The number of nitrogens with two attached hydrogens (primary N) is 1. The van der Waals surface area contributed by atoms with Crippen molar-refractivity contribution >= 4 is 5.91 Å². The number of carbonyl (C=O) groups is 1. The first kappa shape index (κ1) is 9.39. The largest absolute Gasteiger partial charge is 0.393 e. The smallest absolute Gasteiger partial charge is 0.233 e. The molecule has 0 radical (unpaired) electrons. The number of rotatable bonds is 4. The number of aliphatic hydroxyl groups is 1. The molecule has 0 aromatic rings. The number of hydrogen-bond donors (Lipinski definition) is 3. The summed E-state index contributed by atoms with van der Waals surface area (Å²) < 4.78 is 0. The van der Waals surface area contributed by atoms with E-state index in [0.29, 0.717) is 19.3 Å². The van der Waals surface area contributed by atoms with Crippen LogP contribution < -0.4 is 11.3 Å². The van der Waals surface area contributed by atoms with Crippen LogP contribution in [0.3, 0.4) is 0 Å². The lowest BCUT2D eigenvalue weighted by Gasteiger charge is -2.04. The van der Waals surface area contributed by atoms with Crippen LogP contribution in [0, 0.1) is 0 Å². The third-order valence-electron chi connectivity index (χ3n) is 1.34. The van der Waals surface area contributed by atoms with Gasteiger partial charge in [0.2, 0.25) is 5.91 Å². The molecular formula is C6H14N2O2. The molecule has 10 heavy (non-hydrogen) atoms. The molecule has 0 fully saturated rings. The van der Waals surface area contributed by atoms with Crippen LogP contribution in [-0.2, 0) is 4.79 Å². The standard InChI is InChI=1S/C6H14N2O2/c1-2-5(9)3-4-6(10)8-7/h5,9H,2-4,7H2,1H3,(H,8,10)/t5-/m0/s1. The number of hydrogen-bond acceptors (Lipinski definition) is 3. The summed E-state index contributed by atoms with van der Waals surface area (Å²) in [5.41, 5.74) is 1.99. The van der Waals surface area contributed by atoms with Crippen molar-refractivity contribution < 1.29 is 9.90 Å². The van der Waals surface area contributed by atoms with Crippen LogP contribution in [-0.4, -0.2) is 17.1 Å². The van der Waals surface area contributed by atoms with Crippen molar-refractivity contribution in [3.63, 3.8) is 0 Å². The van der Waals surface area contributed by atoms with Crippen molar-refractivity contribution in [3.05, 3.63) is 0 Å². The lowest BCUT2D eigenvalue weighted by molar-refractivity contribution is -0.121. The number of carbonyl (C=O) groups excluding carboxylic acids is 1. The maximum Gasteiger partial charge on any atom is 0.233 e. The Bertz CT molecular complexity index is 106. The van der Waals surface area contributed by atoms with Crippen molar-refractivity contribution in [2.24, 2.45) is 5.84 Å². The molecule has 0 bridgehead atoms. The monoisotopic (exact) mass is 146 g/mol. The van der Waals surface area contributed by atoms with Gasteiger partial charge in [-0.05, 0) is 12.8 Å². The lowest BCUT2D eigenvalue weighted by atomic mass is 10.1. The van der Waals surface area contributed by atoms with Gasteiger partial charge in [-0.1, -0.05) is 6.92 Å². The predicted molar refractivity (Wildman–Crippen MR) is 37.9 cm³/mol. The van der Waals surface area contributed by atoms with Gasteiger partial charge in [-0.2, -0.15) is 0 Å². The Balaban J connectivity index is 3.26. The minimum Gasteiger partial charge on any atom is -0.393 e. The van der Waals surface area contributed by atoms with E-state index in [0.717, 1.165) is 0 Å². The zero-order valence-corrected chi connectivity index (χ0v) is 6.13. The molecule has 0 aliphatic rings. The third kappa shape index (κ3) is 4.29. The molecule has 4 nitrogen and oxygen atoms in total. The van der Waals surface area contributed by atoms with Crippen LogP contribution in [0.2, 0.25) is 0 Å². The van der Waals surface area contributed by atoms with E-state index in [-0.39, 0.29) is 12.0 Å². The van der Waals surface area contributed by atoms with E-state index in [1.54, 1.807) is 0 Å². The van der Waals surface area contributed by atoms with E-state index in [4.69, 9.17) is 10.9 Å². The first-order valence-electron chi connectivity index (χ1n) is 3.38. The molecule has 1 atom stereocenters. The van der Waals surface area contributed by atoms with E-state index >= 15 is 0 Å². The fraction of sp³-hybridized carbons (Fsp3) is 0.833. The van der Waals surface area contributed by atoms with Gasteiger partial charge < -0.3 is 5.11 Å². The fourth-order valence-electron chi connectivity index (χ4n) is 0.574. The Morgan fingerprint density at radius 3 is 2.80 bits per heavy atom. The summed E-state index contributed by atoms with van der Waals surface area (Å²) >= 11 is 0. The maximum atomic E-state index is 10.5. The second kappa shape index (κ2) is 5.20. The minimum absolute atomic E-state index is 0.229. The molecule has 0 aromatic heterocycles. The summed E-state index contributed by atoms with van der Waals surface area (Å²) in [5, 5.41) is 8.98. The van der Waals surface area contributed by atoms with Gasteiger partial charge in [0.25, 0.3) is 0 Å². The zero-order chi connectivity index (χ0) is 7.98. The highest BCUT2D eigenvalue weighted by molar-refractivity contribution is 5.75. The van der Waals surface area contributed by atoms with Crippen LogP contribution in [0.1, 0.15) is 26.2 Å². The van der Waals surface area contributed by atoms with Crippen LogP contribution in [0.4, 0.5) is 0 Å². The summed E-state index contributed by atoms with van der Waals surface area (Å²) in [6, 6.07) is 0. The highest BCUT2D eigenvalue weighted by Gasteiger charge is 2.03. The quantitative estimate of drug-likeness (QED) is 0.285. The molecule has 0 saturated carbocycles. The Kier molecular flexibility index (Phi) is 4.88. The minimum atomic E-state index is -0.378. The molecule has 1 amide bonds. The molecule has 0 unspecified atom stereocenters. The van der Waals surface area contributed by atoms with Crippen LogP contribution >= 0.6 is 0 Å². The first-order valence-corrected chi connectivity index (χ1v) is 3.38. The average molecular weight is 146 g/mol. The Labute approximate surface area is 60.4 Å². The Morgan fingerprint density at radius 2 is 2.40 bits per heavy atom. The van der Waals surface area contributed by atoms with E-state index in [9.17, 15) is 4.79 Å². The van der Waals surface area contributed by atoms with Crippen LogP contribution in [0.15, 0.2) is 0 Å². The number of aliphatic hydroxyl groups excluding tert-OH is 1. The van der Waals surface area contributed by atoms with Crippen molar-refractivity contribution in [1.82, 2.24) is 5.43 Å². The van der Waals surface area contributed by atoms with Gasteiger partial charge in [-0.3, -0.25) is 10.2 Å². The molecule has 0 spiro atoms. The lowest BCUT2D eigenvalue weighted by Crippen LogP contribution is -2.30. The normalized spacial score (nSPS) is 12.7. The second-order valence-electron chi connectivity index (χ2n) is 2.17. The first-order chi connectivity index (χ1) is 4.70. The van der Waals surface area contributed by atoms with Gasteiger partial charge in [0.1, 0.15) is 0 Å². The Morgan fingerprint density at radius 1 is 1.80 bits per heavy atom. The van der Waals surface area contributed by atoms with Gasteiger partial charge in [0, 0.05) is 6.42 Å². The van der Waals surface area contributed by atoms with E-state index in [1.165, 1.54) is 0 Å². The summed E-state index contributed by atoms with van der Waals surface area (Å²) in [5.74, 6) is 4.59. The van der Waals surface area contributed by atoms with E-state index < -0.39 is 0 Å². The summed E-state index contributed by atoms with van der Waals surface area (Å²) in [4.78, 5) is 10.5. The van der Waals surface area contributed by atoms with E-state index in [2.05, 4.69) is 0 Å². The van der Waals surface area contributed by atoms with Crippen molar-refractivity contribution in [3.8, 4) is 0 Å². The van der Waals surface area contributed by atoms with Gasteiger partial charge >= 0.3 is 0 Å². The molecule has 0 aliphatic carbocycles. The number of nitrogens with one attached hydrogen (secondary N) is 1. The molecule has 4 N–H and O–H groups in total. The highest BCUT2D eigenvalue weighted by atomic mass is 16.3. The average Bonchev–Trinajstić information content (AvgIpc) is 1.99. The number of hydrazine groups is 1.